The minimum absolute atomic E-state index is 0.717. The summed E-state index contributed by atoms with van der Waals surface area (Å²) in [5, 5.41) is 6.65. The smallest absolute Gasteiger partial charge is 0.0738 e. The van der Waals surface area contributed by atoms with Gasteiger partial charge in [-0.1, -0.05) is 56.0 Å². The molecule has 1 N–H and O–H groups in total. The summed E-state index contributed by atoms with van der Waals surface area (Å²) in [6.45, 7) is 9.88. The Kier molecular flexibility index (Phi) is 6.40. The summed E-state index contributed by atoms with van der Waals surface area (Å²) in [5.41, 5.74) is 7.53. The number of fused-ring (bicyclic) bond motifs is 2. The first-order valence-corrected chi connectivity index (χ1v) is 12.9. The number of hydrogen-bond donors (Lipinski definition) is 1. The lowest BCUT2D eigenvalue weighted by Crippen LogP contribution is -2.25. The Morgan fingerprint density at radius 3 is 2.59 bits per heavy atom. The Morgan fingerprint density at radius 1 is 1.06 bits per heavy atom. The van der Waals surface area contributed by atoms with Crippen LogP contribution in [0.15, 0.2) is 55.2 Å². The van der Waals surface area contributed by atoms with Crippen LogP contribution in [0.5, 0.6) is 0 Å². The quantitative estimate of drug-likeness (QED) is 0.307. The van der Waals surface area contributed by atoms with Crippen LogP contribution in [-0.2, 0) is 7.05 Å². The molecule has 176 valence electrons. The number of nitrogens with zero attached hydrogens (tertiary/aromatic N) is 2. The van der Waals surface area contributed by atoms with Crippen LogP contribution in [0, 0.1) is 18.8 Å². The predicted molar refractivity (Wildman–Crippen MR) is 146 cm³/mol. The van der Waals surface area contributed by atoms with Gasteiger partial charge >= 0.3 is 0 Å². The van der Waals surface area contributed by atoms with Crippen molar-refractivity contribution < 1.29 is 0 Å². The highest BCUT2D eigenvalue weighted by Crippen LogP contribution is 2.35. The van der Waals surface area contributed by atoms with Gasteiger partial charge in [-0.2, -0.15) is 0 Å². The maximum Gasteiger partial charge on any atom is 0.0738 e. The summed E-state index contributed by atoms with van der Waals surface area (Å²) in [4.78, 5) is 5.05. The van der Waals surface area contributed by atoms with Crippen LogP contribution in [0.25, 0.3) is 38.8 Å². The van der Waals surface area contributed by atoms with Crippen LogP contribution < -0.4 is 5.32 Å². The first-order valence-electron chi connectivity index (χ1n) is 12.5. The molecule has 0 amide bonds. The van der Waals surface area contributed by atoms with E-state index in [0.29, 0.717) is 0 Å². The van der Waals surface area contributed by atoms with Crippen molar-refractivity contribution in [2.24, 2.45) is 18.9 Å². The minimum Gasteiger partial charge on any atom is -0.385 e. The Hall–Kier alpha value is -2.78. The molecule has 2 heterocycles. The van der Waals surface area contributed by atoms with Gasteiger partial charge in [0.1, 0.15) is 0 Å². The molecule has 1 fully saturated rings. The van der Waals surface area contributed by atoms with Gasteiger partial charge in [0, 0.05) is 57.9 Å². The SMILES string of the molecule is C=C(NCC1CCC(CC)CC1)c1cc(-c2cn(C)c3ccc(C)cc23)nc2ccc(Cl)cc12. The number of aromatic nitrogens is 2. The zero-order chi connectivity index (χ0) is 23.8. The van der Waals surface area contributed by atoms with E-state index in [1.807, 2.05) is 18.2 Å². The van der Waals surface area contributed by atoms with E-state index in [9.17, 15) is 0 Å². The van der Waals surface area contributed by atoms with E-state index in [4.69, 9.17) is 16.6 Å². The van der Waals surface area contributed by atoms with Crippen molar-refractivity contribution in [3.63, 3.8) is 0 Å². The van der Waals surface area contributed by atoms with Gasteiger partial charge in [0.2, 0.25) is 0 Å². The Balaban J connectivity index is 1.51. The fourth-order valence-corrected chi connectivity index (χ4v) is 5.67. The lowest BCUT2D eigenvalue weighted by atomic mass is 9.81. The first-order chi connectivity index (χ1) is 16.4. The van der Waals surface area contributed by atoms with Crippen molar-refractivity contribution in [1.29, 1.82) is 0 Å². The number of benzene rings is 2. The molecule has 5 rings (SSSR count). The lowest BCUT2D eigenvalue weighted by molar-refractivity contribution is 0.269. The van der Waals surface area contributed by atoms with E-state index >= 15 is 0 Å². The van der Waals surface area contributed by atoms with E-state index in [0.717, 1.165) is 56.8 Å². The molecule has 4 aromatic rings. The van der Waals surface area contributed by atoms with E-state index in [1.54, 1.807) is 0 Å². The molecule has 3 nitrogen and oxygen atoms in total. The molecule has 1 saturated carbocycles. The maximum atomic E-state index is 6.40. The molecule has 2 aromatic heterocycles. The third-order valence-corrected chi connectivity index (χ3v) is 7.90. The summed E-state index contributed by atoms with van der Waals surface area (Å²) in [7, 11) is 2.09. The van der Waals surface area contributed by atoms with Gasteiger partial charge < -0.3 is 9.88 Å². The number of nitrogens with one attached hydrogen (secondary N) is 1. The van der Waals surface area contributed by atoms with E-state index in [-0.39, 0.29) is 0 Å². The van der Waals surface area contributed by atoms with Crippen molar-refractivity contribution in [3.8, 4) is 11.3 Å². The summed E-state index contributed by atoms with van der Waals surface area (Å²) in [5.74, 6) is 1.63. The Bertz CT molecular complexity index is 1360. The van der Waals surface area contributed by atoms with Crippen LogP contribution in [-0.4, -0.2) is 16.1 Å². The molecule has 0 spiro atoms. The largest absolute Gasteiger partial charge is 0.385 e. The maximum absolute atomic E-state index is 6.40. The third-order valence-electron chi connectivity index (χ3n) is 7.66. The highest BCUT2D eigenvalue weighted by atomic mass is 35.5. The molecule has 1 aliphatic rings. The second-order valence-electron chi connectivity index (χ2n) is 10.0. The van der Waals surface area contributed by atoms with Crippen LogP contribution in [0.2, 0.25) is 5.02 Å². The molecule has 1 aliphatic carbocycles. The predicted octanol–water partition coefficient (Wildman–Crippen LogP) is 8.13. The van der Waals surface area contributed by atoms with Crippen LogP contribution in [0.3, 0.4) is 0 Å². The second-order valence-corrected chi connectivity index (χ2v) is 10.5. The van der Waals surface area contributed by atoms with E-state index in [2.05, 4.69) is 67.8 Å². The topological polar surface area (TPSA) is 29.9 Å². The molecule has 0 radical (unpaired) electrons. The zero-order valence-electron chi connectivity index (χ0n) is 20.5. The minimum atomic E-state index is 0.717. The fraction of sp³-hybridized carbons (Fsp3) is 0.367. The average molecular weight is 472 g/mol. The summed E-state index contributed by atoms with van der Waals surface area (Å²) < 4.78 is 2.18. The molecule has 0 unspecified atom stereocenters. The monoisotopic (exact) mass is 471 g/mol. The van der Waals surface area contributed by atoms with Crippen LogP contribution in [0.1, 0.15) is 50.2 Å². The lowest BCUT2D eigenvalue weighted by Gasteiger charge is -2.28. The number of aryl methyl sites for hydroxylation is 2. The second kappa shape index (κ2) is 9.46. The van der Waals surface area contributed by atoms with Gasteiger partial charge in [0.15, 0.2) is 0 Å². The first kappa shape index (κ1) is 23.0. The molecular weight excluding hydrogens is 438 g/mol. The van der Waals surface area contributed by atoms with Crippen molar-refractivity contribution >= 4 is 39.1 Å². The molecule has 4 heteroatoms. The van der Waals surface area contributed by atoms with Crippen molar-refractivity contribution in [2.75, 3.05) is 6.54 Å². The van der Waals surface area contributed by atoms with Crippen LogP contribution in [0.4, 0.5) is 0 Å². The fourth-order valence-electron chi connectivity index (χ4n) is 5.50. The third kappa shape index (κ3) is 4.46. The Labute approximate surface area is 207 Å². The molecule has 0 atom stereocenters. The molecule has 0 saturated heterocycles. The highest BCUT2D eigenvalue weighted by Gasteiger charge is 2.20. The molecule has 0 bridgehead atoms. The molecule has 34 heavy (non-hydrogen) atoms. The number of halogens is 1. The molecule has 2 aromatic carbocycles. The van der Waals surface area contributed by atoms with E-state index < -0.39 is 0 Å². The van der Waals surface area contributed by atoms with Gasteiger partial charge in [0.25, 0.3) is 0 Å². The van der Waals surface area contributed by atoms with Crippen molar-refractivity contribution in [3.05, 3.63) is 71.4 Å². The standard InChI is InChI=1S/C30H34ClN3/c1-5-21-7-9-22(10-8-21)17-32-20(3)24-16-29(33-28-12-11-23(31)15-25(24)28)27-18-34(4)30-13-6-19(2)14-26(27)30/h6,11-16,18,21-22,32H,3,5,7-10,17H2,1-2,4H3. The number of pyridine rings is 1. The zero-order valence-corrected chi connectivity index (χ0v) is 21.3. The number of hydrogen-bond acceptors (Lipinski definition) is 2. The summed E-state index contributed by atoms with van der Waals surface area (Å²) in [6, 6.07) is 14.7. The normalized spacial score (nSPS) is 18.5. The number of rotatable bonds is 6. The van der Waals surface area contributed by atoms with Gasteiger partial charge in [-0.05, 0) is 68.0 Å². The van der Waals surface area contributed by atoms with E-state index in [1.165, 1.54) is 48.6 Å². The summed E-state index contributed by atoms with van der Waals surface area (Å²) >= 11 is 6.40. The Morgan fingerprint density at radius 2 is 1.82 bits per heavy atom. The molecular formula is C30H34ClN3. The van der Waals surface area contributed by atoms with Gasteiger partial charge in [-0.15, -0.1) is 0 Å². The van der Waals surface area contributed by atoms with Gasteiger partial charge in [0.05, 0.1) is 11.2 Å². The van der Waals surface area contributed by atoms with Gasteiger partial charge in [-0.25, -0.2) is 4.98 Å². The average Bonchev–Trinajstić information content (AvgIpc) is 3.17. The highest BCUT2D eigenvalue weighted by molar-refractivity contribution is 6.31. The van der Waals surface area contributed by atoms with Gasteiger partial charge in [-0.3, -0.25) is 0 Å². The van der Waals surface area contributed by atoms with Crippen molar-refractivity contribution in [1.82, 2.24) is 14.9 Å². The van der Waals surface area contributed by atoms with Crippen LogP contribution >= 0.6 is 11.6 Å². The molecule has 0 aliphatic heterocycles. The van der Waals surface area contributed by atoms with Crippen molar-refractivity contribution in [2.45, 2.75) is 46.0 Å². The summed E-state index contributed by atoms with van der Waals surface area (Å²) in [6.07, 6.45) is 8.82.